The Kier molecular flexibility index (Phi) is 6.59. The molecule has 0 bridgehead atoms. The number of ether oxygens (including phenoxy) is 1. The number of hydrogen-bond donors (Lipinski definition) is 1. The molecular weight excluding hydrogens is 292 g/mol. The summed E-state index contributed by atoms with van der Waals surface area (Å²) < 4.78 is 5.47. The number of nitrogens with zero attached hydrogens (tertiary/aromatic N) is 1. The number of amides is 1. The number of rotatable bonds is 8. The highest BCUT2D eigenvalue weighted by molar-refractivity contribution is 5.95. The van der Waals surface area contributed by atoms with Gasteiger partial charge in [0, 0.05) is 24.6 Å². The van der Waals surface area contributed by atoms with Crippen LogP contribution in [0.25, 0.3) is 0 Å². The molecule has 0 aliphatic carbocycles. The summed E-state index contributed by atoms with van der Waals surface area (Å²) in [5, 5.41) is 2.94. The van der Waals surface area contributed by atoms with Crippen LogP contribution in [0.5, 0.6) is 5.75 Å². The molecule has 23 heavy (non-hydrogen) atoms. The minimum absolute atomic E-state index is 0.0000835. The van der Waals surface area contributed by atoms with Crippen molar-refractivity contribution in [3.63, 3.8) is 0 Å². The average molecular weight is 318 g/mol. The van der Waals surface area contributed by atoms with Gasteiger partial charge in [0.15, 0.2) is 12.4 Å². The predicted octanol–water partition coefficient (Wildman–Crippen LogP) is 2.26. The molecule has 5 heteroatoms. The number of likely N-dealkylation sites (N-methyl/N-ethyl adjacent to an activating group) is 1. The van der Waals surface area contributed by atoms with Gasteiger partial charge in [0.05, 0.1) is 0 Å². The molecule has 0 unspecified atom stereocenters. The zero-order valence-corrected chi connectivity index (χ0v) is 14.0. The molecule has 1 fully saturated rings. The number of Topliss-reactive ketones (excluding diaryl/α,β-unsaturated/α-hetero) is 1. The second-order valence-electron chi connectivity index (χ2n) is 5.82. The Morgan fingerprint density at radius 3 is 2.65 bits per heavy atom. The lowest BCUT2D eigenvalue weighted by Crippen LogP contribution is -2.41. The van der Waals surface area contributed by atoms with Crippen molar-refractivity contribution in [1.82, 2.24) is 10.2 Å². The van der Waals surface area contributed by atoms with Crippen molar-refractivity contribution in [2.75, 3.05) is 26.2 Å². The van der Waals surface area contributed by atoms with Gasteiger partial charge in [0.2, 0.25) is 0 Å². The number of benzene rings is 1. The molecule has 1 aliphatic heterocycles. The van der Waals surface area contributed by atoms with Gasteiger partial charge in [-0.15, -0.1) is 0 Å². The smallest absolute Gasteiger partial charge is 0.257 e. The van der Waals surface area contributed by atoms with Gasteiger partial charge in [0.1, 0.15) is 5.75 Å². The van der Waals surface area contributed by atoms with Crippen molar-refractivity contribution in [3.8, 4) is 5.75 Å². The van der Waals surface area contributed by atoms with Crippen LogP contribution in [0.3, 0.4) is 0 Å². The van der Waals surface area contributed by atoms with Crippen molar-refractivity contribution < 1.29 is 14.3 Å². The molecule has 1 heterocycles. The standard InChI is InChI=1S/C18H26N2O3/c1-3-17(21)14-7-9-16(10-8-14)23-13-18(22)19-12-15-6-5-11-20(15)4-2/h7-10,15H,3-6,11-13H2,1-2H3,(H,19,22)/t15-/m1/s1. The predicted molar refractivity (Wildman–Crippen MR) is 89.8 cm³/mol. The van der Waals surface area contributed by atoms with E-state index in [1.807, 2.05) is 6.92 Å². The van der Waals surface area contributed by atoms with Gasteiger partial charge in [-0.1, -0.05) is 13.8 Å². The molecule has 1 aromatic rings. The van der Waals surface area contributed by atoms with Crippen LogP contribution in [0.4, 0.5) is 0 Å². The SMILES string of the molecule is CCC(=O)c1ccc(OCC(=O)NC[C@H]2CCCN2CC)cc1. The van der Waals surface area contributed by atoms with E-state index in [-0.39, 0.29) is 18.3 Å². The fraction of sp³-hybridized carbons (Fsp3) is 0.556. The van der Waals surface area contributed by atoms with Gasteiger partial charge in [-0.2, -0.15) is 0 Å². The third-order valence-electron chi connectivity index (χ3n) is 4.31. The number of carbonyl (C=O) groups is 2. The number of hydrogen-bond acceptors (Lipinski definition) is 4. The summed E-state index contributed by atoms with van der Waals surface area (Å²) in [6.45, 7) is 6.81. The third kappa shape index (κ3) is 5.06. The topological polar surface area (TPSA) is 58.6 Å². The molecule has 1 saturated heterocycles. The van der Waals surface area contributed by atoms with Gasteiger partial charge in [-0.25, -0.2) is 0 Å². The minimum Gasteiger partial charge on any atom is -0.484 e. The van der Waals surface area contributed by atoms with E-state index < -0.39 is 0 Å². The number of ketones is 1. The first-order valence-corrected chi connectivity index (χ1v) is 8.40. The van der Waals surface area contributed by atoms with Crippen molar-refractivity contribution in [3.05, 3.63) is 29.8 Å². The van der Waals surface area contributed by atoms with Crippen LogP contribution in [0.2, 0.25) is 0 Å². The number of likely N-dealkylation sites (tertiary alicyclic amines) is 1. The summed E-state index contributed by atoms with van der Waals surface area (Å²) in [5.74, 6) is 0.594. The summed E-state index contributed by atoms with van der Waals surface area (Å²) in [4.78, 5) is 25.8. The zero-order chi connectivity index (χ0) is 16.7. The molecular formula is C18H26N2O3. The summed E-state index contributed by atoms with van der Waals surface area (Å²) in [5.41, 5.74) is 0.671. The second-order valence-corrected chi connectivity index (χ2v) is 5.82. The molecule has 0 saturated carbocycles. The van der Waals surface area contributed by atoms with E-state index in [1.165, 1.54) is 6.42 Å². The lowest BCUT2D eigenvalue weighted by atomic mass is 10.1. The lowest BCUT2D eigenvalue weighted by Gasteiger charge is -2.22. The van der Waals surface area contributed by atoms with Gasteiger partial charge < -0.3 is 10.1 Å². The molecule has 0 aromatic heterocycles. The fourth-order valence-electron chi connectivity index (χ4n) is 2.92. The maximum absolute atomic E-state index is 11.9. The fourth-order valence-corrected chi connectivity index (χ4v) is 2.92. The molecule has 5 nitrogen and oxygen atoms in total. The van der Waals surface area contributed by atoms with Gasteiger partial charge in [-0.3, -0.25) is 14.5 Å². The monoisotopic (exact) mass is 318 g/mol. The average Bonchev–Trinajstić information content (AvgIpc) is 3.05. The van der Waals surface area contributed by atoms with E-state index >= 15 is 0 Å². The first-order chi connectivity index (χ1) is 11.1. The summed E-state index contributed by atoms with van der Waals surface area (Å²) in [6.07, 6.45) is 2.83. The Bertz CT molecular complexity index is 528. The summed E-state index contributed by atoms with van der Waals surface area (Å²) in [6, 6.07) is 7.37. The molecule has 0 spiro atoms. The van der Waals surface area contributed by atoms with Crippen LogP contribution in [-0.2, 0) is 4.79 Å². The molecule has 1 aliphatic rings. The Morgan fingerprint density at radius 2 is 2.00 bits per heavy atom. The maximum Gasteiger partial charge on any atom is 0.257 e. The Hall–Kier alpha value is -1.88. The highest BCUT2D eigenvalue weighted by atomic mass is 16.5. The third-order valence-corrected chi connectivity index (χ3v) is 4.31. The zero-order valence-electron chi connectivity index (χ0n) is 14.0. The van der Waals surface area contributed by atoms with Crippen molar-refractivity contribution >= 4 is 11.7 Å². The quantitative estimate of drug-likeness (QED) is 0.747. The van der Waals surface area contributed by atoms with E-state index in [2.05, 4.69) is 17.1 Å². The van der Waals surface area contributed by atoms with Crippen LogP contribution >= 0.6 is 0 Å². The van der Waals surface area contributed by atoms with Crippen LogP contribution in [0.15, 0.2) is 24.3 Å². The van der Waals surface area contributed by atoms with Crippen molar-refractivity contribution in [2.45, 2.75) is 39.2 Å². The van der Waals surface area contributed by atoms with Crippen molar-refractivity contribution in [1.29, 1.82) is 0 Å². The second kappa shape index (κ2) is 8.67. The molecule has 1 aromatic carbocycles. The highest BCUT2D eigenvalue weighted by Crippen LogP contribution is 2.16. The van der Waals surface area contributed by atoms with Crippen LogP contribution in [0.1, 0.15) is 43.5 Å². The summed E-state index contributed by atoms with van der Waals surface area (Å²) in [7, 11) is 0. The largest absolute Gasteiger partial charge is 0.484 e. The van der Waals surface area contributed by atoms with Gasteiger partial charge >= 0.3 is 0 Å². The lowest BCUT2D eigenvalue weighted by molar-refractivity contribution is -0.123. The Balaban J connectivity index is 1.72. The van der Waals surface area contributed by atoms with Gasteiger partial charge in [-0.05, 0) is 50.2 Å². The molecule has 1 amide bonds. The van der Waals surface area contributed by atoms with Crippen LogP contribution in [-0.4, -0.2) is 48.9 Å². The molecule has 2 rings (SSSR count). The molecule has 1 N–H and O–H groups in total. The Labute approximate surface area is 138 Å². The maximum atomic E-state index is 11.9. The van der Waals surface area contributed by atoms with E-state index in [1.54, 1.807) is 24.3 Å². The van der Waals surface area contributed by atoms with E-state index in [0.29, 0.717) is 30.3 Å². The van der Waals surface area contributed by atoms with E-state index in [4.69, 9.17) is 4.74 Å². The first kappa shape index (κ1) is 17.5. The molecule has 1 atom stereocenters. The molecule has 0 radical (unpaired) electrons. The van der Waals surface area contributed by atoms with E-state index in [0.717, 1.165) is 19.5 Å². The van der Waals surface area contributed by atoms with Gasteiger partial charge in [0.25, 0.3) is 5.91 Å². The Morgan fingerprint density at radius 1 is 1.26 bits per heavy atom. The van der Waals surface area contributed by atoms with E-state index in [9.17, 15) is 9.59 Å². The minimum atomic E-state index is -0.110. The number of nitrogens with one attached hydrogen (secondary N) is 1. The van der Waals surface area contributed by atoms with Crippen LogP contribution in [0, 0.1) is 0 Å². The normalized spacial score (nSPS) is 17.9. The highest BCUT2D eigenvalue weighted by Gasteiger charge is 2.23. The summed E-state index contributed by atoms with van der Waals surface area (Å²) >= 11 is 0. The first-order valence-electron chi connectivity index (χ1n) is 8.40. The molecule has 126 valence electrons. The number of carbonyl (C=O) groups excluding carboxylic acids is 2. The van der Waals surface area contributed by atoms with Crippen LogP contribution < -0.4 is 10.1 Å². The van der Waals surface area contributed by atoms with Crippen molar-refractivity contribution in [2.24, 2.45) is 0 Å².